The smallest absolute Gasteiger partial charge is 0.314 e. The van der Waals surface area contributed by atoms with Gasteiger partial charge < -0.3 is 9.84 Å². The third-order valence-corrected chi connectivity index (χ3v) is 3.22. The Morgan fingerprint density at radius 2 is 2.22 bits per heavy atom. The number of nitrogens with zero attached hydrogens (tertiary/aromatic N) is 1. The first-order valence-corrected chi connectivity index (χ1v) is 6.29. The topological polar surface area (TPSA) is 59.4 Å². The Hall–Kier alpha value is -1.58. The molecule has 0 bridgehead atoms. The third kappa shape index (κ3) is 2.33. The van der Waals surface area contributed by atoms with Gasteiger partial charge in [-0.15, -0.1) is 0 Å². The maximum Gasteiger partial charge on any atom is 0.314 e. The van der Waals surface area contributed by atoms with E-state index >= 15 is 0 Å². The number of carbonyl (C=O) groups is 1. The lowest BCUT2D eigenvalue weighted by molar-refractivity contribution is -0.140. The molecular weight excluding hydrogens is 230 g/mol. The predicted octanol–water partition coefficient (Wildman–Crippen LogP) is 2.54. The monoisotopic (exact) mass is 249 g/mol. The molecule has 1 aliphatic carbocycles. The highest BCUT2D eigenvalue weighted by Gasteiger charge is 2.53. The first-order chi connectivity index (χ1) is 8.45. The second-order valence-electron chi connectivity index (χ2n) is 5.46. The summed E-state index contributed by atoms with van der Waals surface area (Å²) in [6.45, 7) is 6.58. The van der Waals surface area contributed by atoms with Crippen molar-refractivity contribution in [3.8, 4) is 5.88 Å². The fraction of sp³-hybridized carbons (Fsp3) is 0.571. The maximum atomic E-state index is 11.4. The molecule has 0 spiro atoms. The van der Waals surface area contributed by atoms with Gasteiger partial charge in [-0.25, -0.2) is 4.98 Å². The zero-order chi connectivity index (χ0) is 13.3. The Morgan fingerprint density at radius 3 is 2.72 bits per heavy atom. The molecule has 1 heterocycles. The fourth-order valence-corrected chi connectivity index (χ4v) is 1.98. The summed E-state index contributed by atoms with van der Waals surface area (Å²) in [6, 6.07) is 1.89. The van der Waals surface area contributed by atoms with Crippen LogP contribution >= 0.6 is 0 Å². The van der Waals surface area contributed by atoms with Crippen molar-refractivity contribution in [2.75, 3.05) is 6.61 Å². The molecule has 4 nitrogen and oxygen atoms in total. The van der Waals surface area contributed by atoms with Crippen molar-refractivity contribution in [2.45, 2.75) is 39.0 Å². The molecule has 2 rings (SSSR count). The number of carboxylic acids is 1. The van der Waals surface area contributed by atoms with Crippen molar-refractivity contribution in [1.82, 2.24) is 4.98 Å². The zero-order valence-electron chi connectivity index (χ0n) is 11.1. The lowest BCUT2D eigenvalue weighted by Gasteiger charge is -2.16. The minimum absolute atomic E-state index is 0.390. The van der Waals surface area contributed by atoms with Crippen molar-refractivity contribution in [1.29, 1.82) is 0 Å². The average molecular weight is 249 g/mol. The molecule has 98 valence electrons. The molecule has 1 aromatic rings. The molecule has 0 aliphatic heterocycles. The Balaban J connectivity index is 2.33. The van der Waals surface area contributed by atoms with Crippen molar-refractivity contribution in [3.05, 3.63) is 23.4 Å². The highest BCUT2D eigenvalue weighted by atomic mass is 16.5. The lowest BCUT2D eigenvalue weighted by Crippen LogP contribution is -2.22. The van der Waals surface area contributed by atoms with E-state index in [1.165, 1.54) is 0 Å². The van der Waals surface area contributed by atoms with Gasteiger partial charge in [0.1, 0.15) is 0 Å². The SMILES string of the molecule is Cc1cnc(OCC(C)C)c(C2(C(=O)O)CC2)c1. The molecule has 0 radical (unpaired) electrons. The fourth-order valence-electron chi connectivity index (χ4n) is 1.98. The van der Waals surface area contributed by atoms with Gasteiger partial charge in [0.05, 0.1) is 12.0 Å². The summed E-state index contributed by atoms with van der Waals surface area (Å²) in [7, 11) is 0. The summed E-state index contributed by atoms with van der Waals surface area (Å²) in [5.41, 5.74) is 0.941. The number of aryl methyl sites for hydroxylation is 1. The van der Waals surface area contributed by atoms with Gasteiger partial charge in [-0.2, -0.15) is 0 Å². The molecular formula is C14H19NO3. The lowest BCUT2D eigenvalue weighted by atomic mass is 9.96. The molecule has 1 N–H and O–H groups in total. The van der Waals surface area contributed by atoms with Gasteiger partial charge in [0.15, 0.2) is 0 Å². The summed E-state index contributed by atoms with van der Waals surface area (Å²) in [4.78, 5) is 15.7. The highest BCUT2D eigenvalue weighted by Crippen LogP contribution is 2.51. The second-order valence-corrected chi connectivity index (χ2v) is 5.46. The van der Waals surface area contributed by atoms with Crippen molar-refractivity contribution in [3.63, 3.8) is 0 Å². The Kier molecular flexibility index (Phi) is 3.28. The molecule has 4 heteroatoms. The van der Waals surface area contributed by atoms with Gasteiger partial charge in [0.25, 0.3) is 0 Å². The molecule has 0 amide bonds. The summed E-state index contributed by atoms with van der Waals surface area (Å²) in [6.07, 6.45) is 3.06. The molecule has 1 aliphatic rings. The molecule has 0 atom stereocenters. The van der Waals surface area contributed by atoms with Crippen LogP contribution in [0.2, 0.25) is 0 Å². The molecule has 0 aromatic carbocycles. The molecule has 18 heavy (non-hydrogen) atoms. The number of rotatable bonds is 5. The van der Waals surface area contributed by atoms with E-state index in [1.54, 1.807) is 6.20 Å². The second kappa shape index (κ2) is 4.59. The summed E-state index contributed by atoms with van der Waals surface area (Å²) >= 11 is 0. The van der Waals surface area contributed by atoms with Crippen molar-refractivity contribution >= 4 is 5.97 Å². The number of hydrogen-bond acceptors (Lipinski definition) is 3. The van der Waals surface area contributed by atoms with Crippen LogP contribution in [0, 0.1) is 12.8 Å². The van der Waals surface area contributed by atoms with E-state index in [2.05, 4.69) is 18.8 Å². The highest BCUT2D eigenvalue weighted by molar-refractivity contribution is 5.85. The molecule has 1 fully saturated rings. The Morgan fingerprint density at radius 1 is 1.56 bits per heavy atom. The van der Waals surface area contributed by atoms with Gasteiger partial charge in [-0.1, -0.05) is 13.8 Å². The summed E-state index contributed by atoms with van der Waals surface area (Å²) in [5, 5.41) is 9.37. The van der Waals surface area contributed by atoms with Crippen LogP contribution in [0.5, 0.6) is 5.88 Å². The van der Waals surface area contributed by atoms with E-state index in [1.807, 2.05) is 13.0 Å². The first-order valence-electron chi connectivity index (χ1n) is 6.29. The quantitative estimate of drug-likeness (QED) is 0.871. The summed E-state index contributed by atoms with van der Waals surface area (Å²) < 4.78 is 5.66. The Labute approximate surface area is 107 Å². The van der Waals surface area contributed by atoms with E-state index in [-0.39, 0.29) is 0 Å². The molecule has 0 saturated heterocycles. The molecule has 1 saturated carbocycles. The number of aliphatic carboxylic acids is 1. The summed E-state index contributed by atoms with van der Waals surface area (Å²) in [5.74, 6) is 0.0967. The Bertz CT molecular complexity index is 464. The maximum absolute atomic E-state index is 11.4. The standard InChI is InChI=1S/C14H19NO3/c1-9(2)8-18-12-11(6-10(3)7-15-12)14(4-5-14)13(16)17/h6-7,9H,4-5,8H2,1-3H3,(H,16,17). The van der Waals surface area contributed by atoms with E-state index in [4.69, 9.17) is 4.74 Å². The van der Waals surface area contributed by atoms with Crippen LogP contribution in [-0.4, -0.2) is 22.7 Å². The minimum atomic E-state index is -0.774. The van der Waals surface area contributed by atoms with E-state index in [9.17, 15) is 9.90 Å². The van der Waals surface area contributed by atoms with Gasteiger partial charge in [-0.05, 0) is 37.3 Å². The van der Waals surface area contributed by atoms with E-state index in [0.29, 0.717) is 31.2 Å². The number of pyridine rings is 1. The number of hydrogen-bond donors (Lipinski definition) is 1. The van der Waals surface area contributed by atoms with Crippen LogP contribution in [-0.2, 0) is 10.2 Å². The van der Waals surface area contributed by atoms with E-state index in [0.717, 1.165) is 11.1 Å². The zero-order valence-corrected chi connectivity index (χ0v) is 11.1. The average Bonchev–Trinajstić information content (AvgIpc) is 3.08. The van der Waals surface area contributed by atoms with Crippen LogP contribution in [0.25, 0.3) is 0 Å². The van der Waals surface area contributed by atoms with Crippen molar-refractivity contribution < 1.29 is 14.6 Å². The predicted molar refractivity (Wildman–Crippen MR) is 67.9 cm³/mol. The molecule has 1 aromatic heterocycles. The van der Waals surface area contributed by atoms with Crippen molar-refractivity contribution in [2.24, 2.45) is 5.92 Å². The third-order valence-electron chi connectivity index (χ3n) is 3.22. The number of ether oxygens (including phenoxy) is 1. The van der Waals surface area contributed by atoms with Crippen LogP contribution < -0.4 is 4.74 Å². The van der Waals surface area contributed by atoms with Crippen LogP contribution in [0.4, 0.5) is 0 Å². The van der Waals surface area contributed by atoms with Crippen LogP contribution in [0.3, 0.4) is 0 Å². The van der Waals surface area contributed by atoms with Gasteiger partial charge in [-0.3, -0.25) is 4.79 Å². The first kappa shape index (κ1) is 12.9. The van der Waals surface area contributed by atoms with Gasteiger partial charge in [0, 0.05) is 11.8 Å². The van der Waals surface area contributed by atoms with Gasteiger partial charge in [0.2, 0.25) is 5.88 Å². The largest absolute Gasteiger partial charge is 0.481 e. The van der Waals surface area contributed by atoms with Crippen LogP contribution in [0.15, 0.2) is 12.3 Å². The minimum Gasteiger partial charge on any atom is -0.481 e. The van der Waals surface area contributed by atoms with E-state index < -0.39 is 11.4 Å². The number of carboxylic acid groups (broad SMARTS) is 1. The van der Waals surface area contributed by atoms with Gasteiger partial charge >= 0.3 is 5.97 Å². The molecule has 0 unspecified atom stereocenters. The normalized spacial score (nSPS) is 16.7. The van der Waals surface area contributed by atoms with Crippen LogP contribution in [0.1, 0.15) is 37.8 Å². The number of aromatic nitrogens is 1.